The molecule has 0 aromatic heterocycles. The molecule has 0 aliphatic carbocycles. The molecule has 0 aromatic carbocycles. The zero-order valence-electron chi connectivity index (χ0n) is 7.88. The number of carbonyl (C=O) groups excluding carboxylic acids is 1. The van der Waals surface area contributed by atoms with Crippen molar-refractivity contribution < 1.29 is 4.79 Å². The Labute approximate surface area is 78.5 Å². The Kier molecular flexibility index (Phi) is 2.15. The van der Waals surface area contributed by atoms with Crippen LogP contribution in [0.1, 0.15) is 25.7 Å². The van der Waals surface area contributed by atoms with Gasteiger partial charge < -0.3 is 16.0 Å². The highest BCUT2D eigenvalue weighted by molar-refractivity contribution is 5.72. The molecule has 0 unspecified atom stereocenters. The Bertz CT molecular complexity index is 201. The number of primary amides is 1. The van der Waals surface area contributed by atoms with Crippen molar-refractivity contribution in [3.63, 3.8) is 0 Å². The lowest BCUT2D eigenvalue weighted by atomic mass is 9.86. The molecule has 2 aliphatic heterocycles. The summed E-state index contributed by atoms with van der Waals surface area (Å²) in [6.45, 7) is 2.78. The van der Waals surface area contributed by atoms with E-state index in [2.05, 4.69) is 5.32 Å². The molecular formula is C9H17N3O. The number of amides is 2. The summed E-state index contributed by atoms with van der Waals surface area (Å²) in [5, 5.41) is 3.55. The second-order valence-corrected chi connectivity index (χ2v) is 4.14. The van der Waals surface area contributed by atoms with Crippen LogP contribution < -0.4 is 11.1 Å². The summed E-state index contributed by atoms with van der Waals surface area (Å²) in [6.07, 6.45) is 4.67. The van der Waals surface area contributed by atoms with E-state index in [0.717, 1.165) is 32.5 Å². The van der Waals surface area contributed by atoms with Gasteiger partial charge in [0.25, 0.3) is 0 Å². The number of nitrogens with two attached hydrogens (primary N) is 1. The molecule has 2 fully saturated rings. The lowest BCUT2D eigenvalue weighted by Gasteiger charge is -2.38. The van der Waals surface area contributed by atoms with E-state index < -0.39 is 0 Å². The van der Waals surface area contributed by atoms with Crippen LogP contribution in [-0.4, -0.2) is 36.1 Å². The summed E-state index contributed by atoms with van der Waals surface area (Å²) in [6, 6.07) is -0.271. The highest BCUT2D eigenvalue weighted by atomic mass is 16.2. The standard InChI is InChI=1S/C9H17N3O/c10-8(13)12-6-3-9(4-7-12)2-1-5-11-9/h11H,1-7H2,(H2,10,13). The van der Waals surface area contributed by atoms with E-state index >= 15 is 0 Å². The number of rotatable bonds is 0. The molecule has 3 N–H and O–H groups in total. The predicted octanol–water partition coefficient (Wildman–Crippen LogP) is 0.283. The molecule has 0 aromatic rings. The third-order valence-electron chi connectivity index (χ3n) is 3.36. The van der Waals surface area contributed by atoms with E-state index in [0.29, 0.717) is 5.54 Å². The second kappa shape index (κ2) is 3.18. The SMILES string of the molecule is NC(=O)N1CCC2(CCCN2)CC1. The van der Waals surface area contributed by atoms with E-state index in [1.54, 1.807) is 4.90 Å². The fourth-order valence-electron chi connectivity index (χ4n) is 2.45. The fraction of sp³-hybridized carbons (Fsp3) is 0.889. The third-order valence-corrected chi connectivity index (χ3v) is 3.36. The van der Waals surface area contributed by atoms with Crippen LogP contribution in [0.2, 0.25) is 0 Å². The minimum atomic E-state index is -0.271. The van der Waals surface area contributed by atoms with Gasteiger partial charge in [0.2, 0.25) is 0 Å². The van der Waals surface area contributed by atoms with Crippen LogP contribution in [0.5, 0.6) is 0 Å². The zero-order valence-corrected chi connectivity index (χ0v) is 7.88. The molecule has 0 bridgehead atoms. The average molecular weight is 183 g/mol. The predicted molar refractivity (Wildman–Crippen MR) is 50.4 cm³/mol. The highest BCUT2D eigenvalue weighted by Crippen LogP contribution is 2.30. The molecule has 2 rings (SSSR count). The van der Waals surface area contributed by atoms with Crippen molar-refractivity contribution in [3.8, 4) is 0 Å². The van der Waals surface area contributed by atoms with Gasteiger partial charge in [0.1, 0.15) is 0 Å². The summed E-state index contributed by atoms with van der Waals surface area (Å²) >= 11 is 0. The molecule has 1 spiro atoms. The van der Waals surface area contributed by atoms with Crippen molar-refractivity contribution in [2.45, 2.75) is 31.2 Å². The van der Waals surface area contributed by atoms with Gasteiger partial charge >= 0.3 is 6.03 Å². The molecule has 0 atom stereocenters. The normalized spacial score (nSPS) is 26.6. The number of likely N-dealkylation sites (tertiary alicyclic amines) is 1. The van der Waals surface area contributed by atoms with Crippen LogP contribution in [0.25, 0.3) is 0 Å². The topological polar surface area (TPSA) is 58.4 Å². The Morgan fingerprint density at radius 3 is 2.46 bits per heavy atom. The van der Waals surface area contributed by atoms with Gasteiger partial charge in [-0.3, -0.25) is 0 Å². The first-order valence-corrected chi connectivity index (χ1v) is 5.01. The minimum Gasteiger partial charge on any atom is -0.351 e. The van der Waals surface area contributed by atoms with Gasteiger partial charge in [-0.15, -0.1) is 0 Å². The van der Waals surface area contributed by atoms with Gasteiger partial charge in [-0.2, -0.15) is 0 Å². The minimum absolute atomic E-state index is 0.271. The van der Waals surface area contributed by atoms with Gasteiger partial charge in [-0.05, 0) is 32.2 Å². The van der Waals surface area contributed by atoms with Gasteiger partial charge in [0.05, 0.1) is 0 Å². The number of hydrogen-bond acceptors (Lipinski definition) is 2. The Morgan fingerprint density at radius 1 is 1.31 bits per heavy atom. The van der Waals surface area contributed by atoms with Gasteiger partial charge in [0.15, 0.2) is 0 Å². The summed E-state index contributed by atoms with van der Waals surface area (Å²) in [5.41, 5.74) is 5.56. The number of nitrogens with one attached hydrogen (secondary N) is 1. The smallest absolute Gasteiger partial charge is 0.314 e. The van der Waals surface area contributed by atoms with Gasteiger partial charge in [-0.25, -0.2) is 4.79 Å². The first-order valence-electron chi connectivity index (χ1n) is 5.01. The van der Waals surface area contributed by atoms with Crippen molar-refractivity contribution in [2.24, 2.45) is 5.73 Å². The molecule has 74 valence electrons. The van der Waals surface area contributed by atoms with Crippen LogP contribution in [0, 0.1) is 0 Å². The second-order valence-electron chi connectivity index (χ2n) is 4.14. The third kappa shape index (κ3) is 1.63. The molecular weight excluding hydrogens is 166 g/mol. The zero-order chi connectivity index (χ0) is 9.31. The van der Waals surface area contributed by atoms with Crippen molar-refractivity contribution in [2.75, 3.05) is 19.6 Å². The Morgan fingerprint density at radius 2 is 2.00 bits per heavy atom. The Balaban J connectivity index is 1.91. The van der Waals surface area contributed by atoms with E-state index in [9.17, 15) is 4.79 Å². The number of piperidine rings is 1. The quantitative estimate of drug-likeness (QED) is 0.567. The maximum Gasteiger partial charge on any atom is 0.314 e. The highest BCUT2D eigenvalue weighted by Gasteiger charge is 2.37. The largest absolute Gasteiger partial charge is 0.351 e. The van der Waals surface area contributed by atoms with Gasteiger partial charge in [0, 0.05) is 18.6 Å². The maximum absolute atomic E-state index is 10.9. The first-order chi connectivity index (χ1) is 6.22. The number of hydrogen-bond donors (Lipinski definition) is 2. The number of carbonyl (C=O) groups is 1. The summed E-state index contributed by atoms with van der Waals surface area (Å²) < 4.78 is 0. The lowest BCUT2D eigenvalue weighted by molar-refractivity contribution is 0.157. The van der Waals surface area contributed by atoms with Crippen LogP contribution in [-0.2, 0) is 0 Å². The Hall–Kier alpha value is -0.770. The summed E-state index contributed by atoms with van der Waals surface area (Å²) in [4.78, 5) is 12.6. The molecule has 0 radical (unpaired) electrons. The van der Waals surface area contributed by atoms with Crippen molar-refractivity contribution in [1.29, 1.82) is 0 Å². The molecule has 2 aliphatic rings. The number of nitrogens with zero attached hydrogens (tertiary/aromatic N) is 1. The van der Waals surface area contributed by atoms with E-state index in [1.165, 1.54) is 12.8 Å². The fourth-order valence-corrected chi connectivity index (χ4v) is 2.45. The molecule has 2 saturated heterocycles. The lowest BCUT2D eigenvalue weighted by Crippen LogP contribution is -2.52. The molecule has 4 heteroatoms. The molecule has 4 nitrogen and oxygen atoms in total. The van der Waals surface area contributed by atoms with Crippen LogP contribution in [0.3, 0.4) is 0 Å². The maximum atomic E-state index is 10.9. The van der Waals surface area contributed by atoms with Crippen molar-refractivity contribution in [1.82, 2.24) is 10.2 Å². The van der Waals surface area contributed by atoms with E-state index in [1.807, 2.05) is 0 Å². The van der Waals surface area contributed by atoms with Gasteiger partial charge in [-0.1, -0.05) is 0 Å². The molecule has 13 heavy (non-hydrogen) atoms. The van der Waals surface area contributed by atoms with E-state index in [4.69, 9.17) is 5.73 Å². The summed E-state index contributed by atoms with van der Waals surface area (Å²) in [5.74, 6) is 0. The van der Waals surface area contributed by atoms with Crippen LogP contribution in [0.15, 0.2) is 0 Å². The van der Waals surface area contributed by atoms with Crippen LogP contribution >= 0.6 is 0 Å². The average Bonchev–Trinajstić information content (AvgIpc) is 2.54. The molecule has 2 heterocycles. The summed E-state index contributed by atoms with van der Waals surface area (Å²) in [7, 11) is 0. The van der Waals surface area contributed by atoms with Crippen molar-refractivity contribution >= 4 is 6.03 Å². The molecule has 2 amide bonds. The monoisotopic (exact) mass is 183 g/mol. The first kappa shape index (κ1) is 8.81. The van der Waals surface area contributed by atoms with Crippen LogP contribution in [0.4, 0.5) is 4.79 Å². The molecule has 0 saturated carbocycles. The number of urea groups is 1. The van der Waals surface area contributed by atoms with E-state index in [-0.39, 0.29) is 6.03 Å². The van der Waals surface area contributed by atoms with Crippen molar-refractivity contribution in [3.05, 3.63) is 0 Å².